The number of imidazole rings is 1. The molecular weight excluding hydrogens is 576 g/mol. The smallest absolute Gasteiger partial charge is 0.147 e. The molecule has 0 bridgehead atoms. The molecule has 11 rings (SSSR count). The third-order valence-corrected chi connectivity index (χ3v) is 9.72. The van der Waals surface area contributed by atoms with Gasteiger partial charge in [-0.3, -0.25) is 9.38 Å². The van der Waals surface area contributed by atoms with Crippen LogP contribution >= 0.6 is 0 Å². The van der Waals surface area contributed by atoms with Crippen molar-refractivity contribution in [2.75, 3.05) is 0 Å². The van der Waals surface area contributed by atoms with E-state index < -0.39 is 0 Å². The van der Waals surface area contributed by atoms with Crippen LogP contribution in [0.3, 0.4) is 0 Å². The summed E-state index contributed by atoms with van der Waals surface area (Å²) in [7, 11) is 0. The van der Waals surface area contributed by atoms with Gasteiger partial charge < -0.3 is 9.13 Å². The zero-order valence-electron chi connectivity index (χ0n) is 25.0. The Morgan fingerprint density at radius 2 is 1.09 bits per heavy atom. The summed E-state index contributed by atoms with van der Waals surface area (Å²) in [6, 6.07) is 45.5. The summed E-state index contributed by atoms with van der Waals surface area (Å²) in [5.41, 5.74) is 10.6. The topological polar surface area (TPSA) is 52.9 Å². The molecule has 0 fully saturated rings. The quantitative estimate of drug-likeness (QED) is 0.186. The largest absolute Gasteiger partial charge is 0.309 e. The first kappa shape index (κ1) is 24.8. The van der Waals surface area contributed by atoms with Crippen LogP contribution in [-0.2, 0) is 0 Å². The minimum atomic E-state index is 0.869. The molecule has 11 aromatic rings. The van der Waals surface area contributed by atoms with Crippen LogP contribution in [-0.4, -0.2) is 28.5 Å². The summed E-state index contributed by atoms with van der Waals surface area (Å²) in [6.45, 7) is 0. The maximum atomic E-state index is 5.15. The second kappa shape index (κ2) is 9.02. The van der Waals surface area contributed by atoms with Crippen LogP contribution in [0.5, 0.6) is 0 Å². The van der Waals surface area contributed by atoms with Gasteiger partial charge in [0.05, 0.1) is 39.3 Å². The second-order valence-electron chi connectivity index (χ2n) is 12.1. The van der Waals surface area contributed by atoms with E-state index in [1.807, 2.05) is 24.5 Å². The third kappa shape index (κ3) is 3.16. The summed E-state index contributed by atoms with van der Waals surface area (Å²) in [5, 5.41) is 8.22. The molecule has 0 unspecified atom stereocenters. The lowest BCUT2D eigenvalue weighted by Crippen LogP contribution is -1.98. The molecule has 0 atom stereocenters. The van der Waals surface area contributed by atoms with E-state index in [1.165, 1.54) is 32.6 Å². The Morgan fingerprint density at radius 3 is 1.91 bits per heavy atom. The highest BCUT2D eigenvalue weighted by Crippen LogP contribution is 2.45. The molecule has 6 heteroatoms. The first-order valence-corrected chi connectivity index (χ1v) is 15.8. The number of hydrogen-bond acceptors (Lipinski definition) is 3. The van der Waals surface area contributed by atoms with Gasteiger partial charge in [-0.2, -0.15) is 0 Å². The van der Waals surface area contributed by atoms with E-state index in [4.69, 9.17) is 9.97 Å². The standard InChI is InChI=1S/C41H24N6/c1-3-10-25(11-4-1)45-32-16-8-7-14-27(32)37-33(45)19-20-34-38(37)28-17-18-30-36(39(28)46(34)26-12-5-2-6-13-26)29-15-9-22-43-40(29)47-35-24-42-23-21-31(35)44-41(30)47/h1-24H. The molecule has 0 saturated carbocycles. The predicted octanol–water partition coefficient (Wildman–Crippen LogP) is 9.78. The lowest BCUT2D eigenvalue weighted by molar-refractivity contribution is 1.17. The van der Waals surface area contributed by atoms with E-state index in [-0.39, 0.29) is 0 Å². The van der Waals surface area contributed by atoms with Crippen LogP contribution in [0.4, 0.5) is 0 Å². The van der Waals surface area contributed by atoms with Gasteiger partial charge in [0.25, 0.3) is 0 Å². The first-order chi connectivity index (χ1) is 23.4. The third-order valence-electron chi connectivity index (χ3n) is 9.72. The fourth-order valence-corrected chi connectivity index (χ4v) is 7.90. The Bertz CT molecular complexity index is 3060. The SMILES string of the molecule is c1ccc(-n2c3ccccc3c3c4c5ccc6c(c7cccnc7n7c8cnccc8nc67)c5n(-c5ccccc5)c4ccc32)cc1. The number of benzene rings is 5. The van der Waals surface area contributed by atoms with Gasteiger partial charge >= 0.3 is 0 Å². The van der Waals surface area contributed by atoms with E-state index >= 15 is 0 Å². The van der Waals surface area contributed by atoms with Crippen LogP contribution in [0.25, 0.3) is 93.5 Å². The number of pyridine rings is 3. The summed E-state index contributed by atoms with van der Waals surface area (Å²) in [4.78, 5) is 14.5. The average Bonchev–Trinajstić information content (AvgIpc) is 3.80. The number of aromatic nitrogens is 6. The molecule has 6 heterocycles. The fraction of sp³-hybridized carbons (Fsp3) is 0. The van der Waals surface area contributed by atoms with E-state index in [9.17, 15) is 0 Å². The minimum Gasteiger partial charge on any atom is -0.309 e. The lowest BCUT2D eigenvalue weighted by Gasteiger charge is -2.13. The zero-order valence-corrected chi connectivity index (χ0v) is 25.0. The van der Waals surface area contributed by atoms with Crippen molar-refractivity contribution in [3.8, 4) is 11.4 Å². The van der Waals surface area contributed by atoms with E-state index in [1.54, 1.807) is 6.20 Å². The lowest BCUT2D eigenvalue weighted by atomic mass is 10.0. The van der Waals surface area contributed by atoms with Gasteiger partial charge in [0.1, 0.15) is 11.3 Å². The van der Waals surface area contributed by atoms with E-state index in [2.05, 4.69) is 134 Å². The minimum absolute atomic E-state index is 0.869. The molecule has 0 amide bonds. The van der Waals surface area contributed by atoms with Gasteiger partial charge in [-0.15, -0.1) is 0 Å². The molecule has 0 saturated heterocycles. The molecular formula is C41H24N6. The van der Waals surface area contributed by atoms with Crippen LogP contribution in [0.2, 0.25) is 0 Å². The molecule has 0 aliphatic carbocycles. The molecule has 0 radical (unpaired) electrons. The van der Waals surface area contributed by atoms with Gasteiger partial charge in [-0.25, -0.2) is 9.97 Å². The number of fused-ring (bicyclic) bond motifs is 16. The van der Waals surface area contributed by atoms with Crippen LogP contribution in [0.15, 0.2) is 146 Å². The molecule has 6 aromatic heterocycles. The van der Waals surface area contributed by atoms with Gasteiger partial charge in [-0.1, -0.05) is 60.7 Å². The predicted molar refractivity (Wildman–Crippen MR) is 192 cm³/mol. The highest BCUT2D eigenvalue weighted by Gasteiger charge is 2.24. The van der Waals surface area contributed by atoms with E-state index in [0.29, 0.717) is 0 Å². The molecule has 0 N–H and O–H groups in total. The number of hydrogen-bond donors (Lipinski definition) is 0. The van der Waals surface area contributed by atoms with Gasteiger partial charge in [0.2, 0.25) is 0 Å². The second-order valence-corrected chi connectivity index (χ2v) is 12.1. The average molecular weight is 601 g/mol. The van der Waals surface area contributed by atoms with Crippen LogP contribution < -0.4 is 0 Å². The van der Waals surface area contributed by atoms with Crippen molar-refractivity contribution in [3.05, 3.63) is 146 Å². The Kier molecular flexibility index (Phi) is 4.75. The monoisotopic (exact) mass is 600 g/mol. The van der Waals surface area contributed by atoms with Crippen molar-refractivity contribution in [3.63, 3.8) is 0 Å². The van der Waals surface area contributed by atoms with Gasteiger partial charge in [-0.05, 0) is 66.7 Å². The number of rotatable bonds is 2. The Hall–Kier alpha value is -6.53. The van der Waals surface area contributed by atoms with Crippen LogP contribution in [0, 0.1) is 0 Å². The van der Waals surface area contributed by atoms with Crippen LogP contribution in [0.1, 0.15) is 0 Å². The molecule has 0 aliphatic heterocycles. The first-order valence-electron chi connectivity index (χ1n) is 15.8. The highest BCUT2D eigenvalue weighted by atomic mass is 15.1. The maximum absolute atomic E-state index is 5.15. The van der Waals surface area contributed by atoms with E-state index in [0.717, 1.165) is 60.9 Å². The van der Waals surface area contributed by atoms with Crippen molar-refractivity contribution in [2.24, 2.45) is 0 Å². The summed E-state index contributed by atoms with van der Waals surface area (Å²) < 4.78 is 6.99. The molecule has 0 spiro atoms. The maximum Gasteiger partial charge on any atom is 0.147 e. The molecule has 6 nitrogen and oxygen atoms in total. The Balaban J connectivity index is 1.43. The zero-order chi connectivity index (χ0) is 30.6. The molecule has 5 aromatic carbocycles. The number of nitrogens with zero attached hydrogens (tertiary/aromatic N) is 6. The Labute approximate surface area is 267 Å². The molecule has 218 valence electrons. The van der Waals surface area contributed by atoms with Crippen molar-refractivity contribution in [2.45, 2.75) is 0 Å². The summed E-state index contributed by atoms with van der Waals surface area (Å²) in [5.74, 6) is 0. The molecule has 47 heavy (non-hydrogen) atoms. The Morgan fingerprint density at radius 1 is 0.426 bits per heavy atom. The van der Waals surface area contributed by atoms with Crippen molar-refractivity contribution >= 4 is 82.1 Å². The number of para-hydroxylation sites is 3. The fourth-order valence-electron chi connectivity index (χ4n) is 7.90. The normalized spacial score (nSPS) is 12.3. The van der Waals surface area contributed by atoms with Crippen molar-refractivity contribution in [1.82, 2.24) is 28.5 Å². The summed E-state index contributed by atoms with van der Waals surface area (Å²) in [6.07, 6.45) is 5.55. The van der Waals surface area contributed by atoms with Gasteiger partial charge in [0.15, 0.2) is 0 Å². The van der Waals surface area contributed by atoms with Crippen molar-refractivity contribution in [1.29, 1.82) is 0 Å². The molecule has 0 aliphatic rings. The highest BCUT2D eigenvalue weighted by molar-refractivity contribution is 6.34. The van der Waals surface area contributed by atoms with Crippen molar-refractivity contribution < 1.29 is 0 Å². The summed E-state index contributed by atoms with van der Waals surface area (Å²) >= 11 is 0. The van der Waals surface area contributed by atoms with Gasteiger partial charge in [0, 0.05) is 61.5 Å².